The molecule has 1 aliphatic rings. The van der Waals surface area contributed by atoms with Gasteiger partial charge in [0, 0.05) is 23.0 Å². The van der Waals surface area contributed by atoms with Crippen LogP contribution >= 0.6 is 23.2 Å². The average molecular weight is 774 g/mol. The highest BCUT2D eigenvalue weighted by Crippen LogP contribution is 2.39. The first-order valence-electron chi connectivity index (χ1n) is 16.1. The van der Waals surface area contributed by atoms with Crippen LogP contribution in [0, 0.1) is 5.92 Å². The predicted octanol–water partition coefficient (Wildman–Crippen LogP) is 8.82. The van der Waals surface area contributed by atoms with Crippen LogP contribution < -0.4 is 13.8 Å². The third kappa shape index (κ3) is 12.8. The summed E-state index contributed by atoms with van der Waals surface area (Å²) in [7, 11) is -0.799. The van der Waals surface area contributed by atoms with Gasteiger partial charge in [-0.2, -0.15) is 13.1 Å². The molecular formula is C36H44Cl2F2N2O8S. The number of amides is 1. The first-order valence-corrected chi connectivity index (χ1v) is 18.5. The molecule has 51 heavy (non-hydrogen) atoms. The molecule has 0 radical (unpaired) electrons. The Bertz CT molecular complexity index is 1720. The van der Waals surface area contributed by atoms with Gasteiger partial charge in [0.1, 0.15) is 11.7 Å². The standard InChI is InChI=1S/C36H44Cl2F2N2O8S/c1-8-28(37)27(29(38)9-2)21-31(25-14-17-30(49-34(39)40)32(20-25)47-22-23-10-11-23)48-33(43)24-12-15-26(16-13-24)42(35(44)50-36(3,4)5)51(45,46)19-18-41(6)7/h8-9,12-17,20,23,31,34H,1,10-11,18-19,21-22H2,2-7H3/b28-27+,29-9+/t31-/m0/s1. The molecule has 1 fully saturated rings. The maximum atomic E-state index is 13.7. The molecule has 0 aliphatic heterocycles. The fourth-order valence-corrected chi connectivity index (χ4v) is 6.44. The number of hydrogen-bond donors (Lipinski definition) is 0. The molecule has 15 heteroatoms. The van der Waals surface area contributed by atoms with Crippen LogP contribution in [0.1, 0.15) is 69.0 Å². The molecule has 280 valence electrons. The fourth-order valence-electron chi connectivity index (χ4n) is 4.55. The van der Waals surface area contributed by atoms with Gasteiger partial charge in [0.05, 0.1) is 23.6 Å². The van der Waals surface area contributed by atoms with E-state index in [4.69, 9.17) is 37.4 Å². The molecule has 0 saturated heterocycles. The molecule has 0 N–H and O–H groups in total. The van der Waals surface area contributed by atoms with Crippen molar-refractivity contribution < 1.29 is 45.7 Å². The zero-order valence-corrected chi connectivity index (χ0v) is 31.8. The van der Waals surface area contributed by atoms with Crippen molar-refractivity contribution in [1.82, 2.24) is 4.90 Å². The molecule has 0 aromatic heterocycles. The van der Waals surface area contributed by atoms with Gasteiger partial charge in [0.25, 0.3) is 0 Å². The summed E-state index contributed by atoms with van der Waals surface area (Å²) in [6, 6.07) is 9.42. The topological polar surface area (TPSA) is 112 Å². The summed E-state index contributed by atoms with van der Waals surface area (Å²) in [6.45, 7) is 7.56. The number of rotatable bonds is 17. The monoisotopic (exact) mass is 772 g/mol. The number of benzene rings is 2. The van der Waals surface area contributed by atoms with Crippen LogP contribution in [0.15, 0.2) is 76.8 Å². The lowest BCUT2D eigenvalue weighted by Gasteiger charge is -2.27. The average Bonchev–Trinajstić information content (AvgIpc) is 3.88. The number of alkyl halides is 2. The largest absolute Gasteiger partial charge is 0.489 e. The molecule has 0 unspecified atom stereocenters. The Hall–Kier alpha value is -3.65. The highest BCUT2D eigenvalue weighted by atomic mass is 35.5. The quantitative estimate of drug-likeness (QED) is 0.115. The second-order valence-corrected chi connectivity index (χ2v) is 15.8. The molecule has 0 heterocycles. The van der Waals surface area contributed by atoms with Gasteiger partial charge in [-0.25, -0.2) is 18.0 Å². The maximum Gasteiger partial charge on any atom is 0.428 e. The molecule has 0 spiro atoms. The Labute approximate surface area is 308 Å². The number of esters is 1. The van der Waals surface area contributed by atoms with Gasteiger partial charge in [-0.05, 0) is 108 Å². The van der Waals surface area contributed by atoms with E-state index in [9.17, 15) is 26.8 Å². The van der Waals surface area contributed by atoms with Gasteiger partial charge < -0.3 is 23.8 Å². The lowest BCUT2D eigenvalue weighted by atomic mass is 9.99. The first-order chi connectivity index (χ1) is 23.8. The smallest absolute Gasteiger partial charge is 0.428 e. The lowest BCUT2D eigenvalue weighted by Crippen LogP contribution is -2.43. The fraction of sp³-hybridized carbons (Fsp3) is 0.444. The molecule has 1 saturated carbocycles. The van der Waals surface area contributed by atoms with Crippen LogP contribution in [0.2, 0.25) is 0 Å². The molecule has 1 aliphatic carbocycles. The highest BCUT2D eigenvalue weighted by molar-refractivity contribution is 7.93. The summed E-state index contributed by atoms with van der Waals surface area (Å²) < 4.78 is 75.6. The molecular weight excluding hydrogens is 729 g/mol. The molecule has 2 aromatic carbocycles. The van der Waals surface area contributed by atoms with E-state index in [1.54, 1.807) is 52.8 Å². The van der Waals surface area contributed by atoms with Gasteiger partial charge in [0.15, 0.2) is 11.5 Å². The zero-order valence-electron chi connectivity index (χ0n) is 29.5. The zero-order chi connectivity index (χ0) is 38.1. The van der Waals surface area contributed by atoms with Crippen LogP contribution in [-0.2, 0) is 19.5 Å². The summed E-state index contributed by atoms with van der Waals surface area (Å²) in [5.74, 6) is -1.05. The van der Waals surface area contributed by atoms with Gasteiger partial charge >= 0.3 is 18.7 Å². The van der Waals surface area contributed by atoms with Crippen molar-refractivity contribution in [2.24, 2.45) is 5.92 Å². The Morgan fingerprint density at radius 3 is 2.24 bits per heavy atom. The Balaban J connectivity index is 2.02. The second-order valence-electron chi connectivity index (χ2n) is 13.0. The number of sulfonamides is 1. The first kappa shape index (κ1) is 41.8. The van der Waals surface area contributed by atoms with Crippen molar-refractivity contribution in [2.45, 2.75) is 65.3 Å². The second kappa shape index (κ2) is 18.2. The van der Waals surface area contributed by atoms with Crippen molar-refractivity contribution in [3.05, 3.63) is 88.0 Å². The SMILES string of the molecule is C=C/C(Cl)=C(C[C@H](OC(=O)c1ccc(N(C(=O)OC(C)(C)C)S(=O)(=O)CCN(C)C)cc1)c1ccc(OC(F)F)c(OCC2CC2)c1)\C(Cl)=C/C. The number of hydrogen-bond acceptors (Lipinski definition) is 9. The number of carbonyl (C=O) groups excluding carboxylic acids is 2. The number of ether oxygens (including phenoxy) is 4. The third-order valence-corrected chi connectivity index (χ3v) is 9.79. The molecule has 10 nitrogen and oxygen atoms in total. The van der Waals surface area contributed by atoms with Crippen LogP contribution in [0.5, 0.6) is 11.5 Å². The van der Waals surface area contributed by atoms with E-state index >= 15 is 0 Å². The highest BCUT2D eigenvalue weighted by Gasteiger charge is 2.34. The Kier molecular flexibility index (Phi) is 14.9. The van der Waals surface area contributed by atoms with Crippen LogP contribution in [0.25, 0.3) is 0 Å². The van der Waals surface area contributed by atoms with E-state index in [1.165, 1.54) is 48.5 Å². The van der Waals surface area contributed by atoms with Gasteiger partial charge in [-0.1, -0.05) is 48.0 Å². The summed E-state index contributed by atoms with van der Waals surface area (Å²) in [5.41, 5.74) is -0.268. The van der Waals surface area contributed by atoms with Gasteiger partial charge in [-0.3, -0.25) is 0 Å². The van der Waals surface area contributed by atoms with Gasteiger partial charge in [0.2, 0.25) is 10.0 Å². The summed E-state index contributed by atoms with van der Waals surface area (Å²) in [6.07, 6.45) is 2.67. The molecule has 1 atom stereocenters. The van der Waals surface area contributed by atoms with Gasteiger partial charge in [-0.15, -0.1) is 0 Å². The number of anilines is 1. The normalized spacial score (nSPS) is 14.9. The van der Waals surface area contributed by atoms with Crippen LogP contribution in [-0.4, -0.2) is 70.6 Å². The molecule has 2 aromatic rings. The van der Waals surface area contributed by atoms with Crippen LogP contribution in [0.4, 0.5) is 19.3 Å². The minimum atomic E-state index is -4.20. The summed E-state index contributed by atoms with van der Waals surface area (Å²) >= 11 is 13.0. The number of allylic oxidation sites excluding steroid dienone is 4. The van der Waals surface area contributed by atoms with E-state index in [2.05, 4.69) is 11.3 Å². The van der Waals surface area contributed by atoms with E-state index in [1.807, 2.05) is 0 Å². The lowest BCUT2D eigenvalue weighted by molar-refractivity contribution is -0.0515. The summed E-state index contributed by atoms with van der Waals surface area (Å²) in [4.78, 5) is 28.5. The molecule has 3 rings (SSSR count). The number of halogens is 4. The van der Waals surface area contributed by atoms with Crippen molar-refractivity contribution in [2.75, 3.05) is 37.3 Å². The molecule has 1 amide bonds. The summed E-state index contributed by atoms with van der Waals surface area (Å²) in [5, 5.41) is 0.468. The van der Waals surface area contributed by atoms with Crippen molar-refractivity contribution >= 4 is 51.0 Å². The van der Waals surface area contributed by atoms with E-state index in [-0.39, 0.29) is 51.5 Å². The minimum absolute atomic E-state index is 0.0129. The van der Waals surface area contributed by atoms with E-state index < -0.39 is 40.4 Å². The minimum Gasteiger partial charge on any atom is -0.489 e. The molecule has 0 bridgehead atoms. The van der Waals surface area contributed by atoms with Crippen LogP contribution in [0.3, 0.4) is 0 Å². The maximum absolute atomic E-state index is 13.7. The van der Waals surface area contributed by atoms with E-state index in [0.29, 0.717) is 28.0 Å². The third-order valence-electron chi connectivity index (χ3n) is 7.35. The van der Waals surface area contributed by atoms with E-state index in [0.717, 1.165) is 12.8 Å². The predicted molar refractivity (Wildman–Crippen MR) is 194 cm³/mol. The Morgan fingerprint density at radius 1 is 1.06 bits per heavy atom. The Morgan fingerprint density at radius 2 is 1.71 bits per heavy atom. The van der Waals surface area contributed by atoms with Crippen molar-refractivity contribution in [3.8, 4) is 11.5 Å². The number of carbonyl (C=O) groups is 2. The van der Waals surface area contributed by atoms with Crippen molar-refractivity contribution in [3.63, 3.8) is 0 Å². The van der Waals surface area contributed by atoms with Crippen molar-refractivity contribution in [1.29, 1.82) is 0 Å². The number of nitrogens with zero attached hydrogens (tertiary/aromatic N) is 2.